The van der Waals surface area contributed by atoms with Crippen LogP contribution < -0.4 is 11.2 Å². The van der Waals surface area contributed by atoms with Gasteiger partial charge in [0.1, 0.15) is 0 Å². The second-order valence-electron chi connectivity index (χ2n) is 6.58. The van der Waals surface area contributed by atoms with Crippen LogP contribution in [0.25, 0.3) is 0 Å². The molecule has 0 spiro atoms. The molecule has 0 radical (unpaired) electrons. The van der Waals surface area contributed by atoms with Crippen LogP contribution in [0.3, 0.4) is 0 Å². The third kappa shape index (κ3) is 3.45. The molecule has 1 atom stereocenters. The number of aromatic nitrogens is 2. The van der Waals surface area contributed by atoms with Crippen molar-refractivity contribution < 1.29 is 8.42 Å². The lowest BCUT2D eigenvalue weighted by molar-refractivity contribution is 0.470. The van der Waals surface area contributed by atoms with Crippen LogP contribution in [0.1, 0.15) is 43.4 Å². The van der Waals surface area contributed by atoms with Gasteiger partial charge in [-0.3, -0.25) is 9.78 Å². The van der Waals surface area contributed by atoms with E-state index in [1.807, 2.05) is 26.0 Å². The van der Waals surface area contributed by atoms with E-state index in [1.165, 1.54) is 10.4 Å². The molecule has 3 rings (SSSR count). The Kier molecular flexibility index (Phi) is 4.66. The minimum Gasteiger partial charge on any atom is -0.311 e. The summed E-state index contributed by atoms with van der Waals surface area (Å²) < 4.78 is 27.5. The molecule has 2 heterocycles. The van der Waals surface area contributed by atoms with Crippen molar-refractivity contribution in [3.8, 4) is 0 Å². The molecule has 25 heavy (non-hydrogen) atoms. The second kappa shape index (κ2) is 6.61. The number of hydrogen-bond acceptors (Lipinski definition) is 4. The van der Waals surface area contributed by atoms with Gasteiger partial charge in [-0.1, -0.05) is 32.0 Å². The largest absolute Gasteiger partial charge is 0.325 e. The third-order valence-electron chi connectivity index (χ3n) is 4.53. The molecule has 1 fully saturated rings. The molecule has 2 N–H and O–H groups in total. The molecule has 1 aliphatic heterocycles. The van der Waals surface area contributed by atoms with Gasteiger partial charge < -0.3 is 4.98 Å². The van der Waals surface area contributed by atoms with Gasteiger partial charge in [0.25, 0.3) is 5.56 Å². The first-order valence-electron chi connectivity index (χ1n) is 8.21. The monoisotopic (exact) mass is 363 g/mol. The van der Waals surface area contributed by atoms with Gasteiger partial charge in [0.05, 0.1) is 4.90 Å². The van der Waals surface area contributed by atoms with Gasteiger partial charge >= 0.3 is 5.69 Å². The Balaban J connectivity index is 1.91. The predicted molar refractivity (Wildman–Crippen MR) is 94.3 cm³/mol. The lowest BCUT2D eigenvalue weighted by atomic mass is 10.0. The zero-order chi connectivity index (χ0) is 18.2. The summed E-state index contributed by atoms with van der Waals surface area (Å²) in [6.45, 7) is 4.52. The van der Waals surface area contributed by atoms with Gasteiger partial charge in [0, 0.05) is 30.8 Å². The summed E-state index contributed by atoms with van der Waals surface area (Å²) in [4.78, 5) is 28.0. The maximum Gasteiger partial charge on any atom is 0.325 e. The van der Waals surface area contributed by atoms with E-state index in [9.17, 15) is 18.0 Å². The lowest BCUT2D eigenvalue weighted by Crippen LogP contribution is -2.30. The molecule has 0 amide bonds. The lowest BCUT2D eigenvalue weighted by Gasteiger charge is -2.20. The number of rotatable bonds is 4. The maximum atomic E-state index is 13.1. The predicted octanol–water partition coefficient (Wildman–Crippen LogP) is 1.36. The summed E-state index contributed by atoms with van der Waals surface area (Å²) in [5, 5.41) is 0. The molecule has 7 nitrogen and oxygen atoms in total. The van der Waals surface area contributed by atoms with Crippen molar-refractivity contribution >= 4 is 10.0 Å². The molecule has 0 saturated carbocycles. The first kappa shape index (κ1) is 17.6. The molecule has 1 saturated heterocycles. The van der Waals surface area contributed by atoms with Crippen LogP contribution in [0.4, 0.5) is 0 Å². The van der Waals surface area contributed by atoms with Crippen LogP contribution in [0.5, 0.6) is 0 Å². The fourth-order valence-electron chi connectivity index (χ4n) is 3.24. The van der Waals surface area contributed by atoms with E-state index in [2.05, 4.69) is 9.97 Å². The average molecular weight is 363 g/mol. The number of aromatic amines is 2. The van der Waals surface area contributed by atoms with Crippen LogP contribution in [0, 0.1) is 0 Å². The van der Waals surface area contributed by atoms with Crippen molar-refractivity contribution in [3.05, 3.63) is 62.4 Å². The minimum absolute atomic E-state index is 0.0911. The van der Waals surface area contributed by atoms with E-state index in [-0.39, 0.29) is 18.4 Å². The van der Waals surface area contributed by atoms with E-state index in [1.54, 1.807) is 12.1 Å². The van der Waals surface area contributed by atoms with Gasteiger partial charge in [-0.25, -0.2) is 13.2 Å². The summed E-state index contributed by atoms with van der Waals surface area (Å²) >= 11 is 0. The third-order valence-corrected chi connectivity index (χ3v) is 6.47. The van der Waals surface area contributed by atoms with Gasteiger partial charge in [0.2, 0.25) is 10.0 Å². The Morgan fingerprint density at radius 2 is 1.88 bits per heavy atom. The van der Waals surface area contributed by atoms with Crippen molar-refractivity contribution in [2.45, 2.75) is 37.0 Å². The summed E-state index contributed by atoms with van der Waals surface area (Å²) in [5.41, 5.74) is 0.207. The van der Waals surface area contributed by atoms with Gasteiger partial charge in [-0.15, -0.1) is 0 Å². The smallest absolute Gasteiger partial charge is 0.311 e. The Hall–Kier alpha value is -2.19. The topological polar surface area (TPSA) is 103 Å². The van der Waals surface area contributed by atoms with Crippen molar-refractivity contribution in [3.63, 3.8) is 0 Å². The molecule has 2 aromatic rings. The van der Waals surface area contributed by atoms with Gasteiger partial charge in [-0.05, 0) is 24.0 Å². The zero-order valence-corrected chi connectivity index (χ0v) is 15.0. The number of H-pyrrole nitrogens is 2. The highest BCUT2D eigenvalue weighted by atomic mass is 32.2. The normalized spacial score (nSPS) is 18.8. The van der Waals surface area contributed by atoms with Crippen molar-refractivity contribution in [2.24, 2.45) is 0 Å². The fraction of sp³-hybridized carbons (Fsp3) is 0.412. The van der Waals surface area contributed by atoms with E-state index in [0.717, 1.165) is 5.56 Å². The zero-order valence-electron chi connectivity index (χ0n) is 14.2. The van der Waals surface area contributed by atoms with Crippen LogP contribution in [0.2, 0.25) is 0 Å². The van der Waals surface area contributed by atoms with Crippen molar-refractivity contribution in [1.29, 1.82) is 0 Å². The summed E-state index contributed by atoms with van der Waals surface area (Å²) in [7, 11) is -3.62. The molecule has 1 unspecified atom stereocenters. The fourth-order valence-corrected chi connectivity index (χ4v) is 5.09. The van der Waals surface area contributed by atoms with Gasteiger partial charge in [-0.2, -0.15) is 4.31 Å². The number of sulfonamides is 1. The first-order chi connectivity index (χ1) is 11.8. The van der Waals surface area contributed by atoms with Crippen LogP contribution in [-0.2, 0) is 10.0 Å². The van der Waals surface area contributed by atoms with Crippen LogP contribution in [0.15, 0.2) is 44.8 Å². The molecule has 1 aromatic heterocycles. The highest BCUT2D eigenvalue weighted by Gasteiger charge is 2.35. The molecule has 134 valence electrons. The van der Waals surface area contributed by atoms with Crippen molar-refractivity contribution in [1.82, 2.24) is 14.3 Å². The van der Waals surface area contributed by atoms with E-state index < -0.39 is 21.3 Å². The second-order valence-corrected chi connectivity index (χ2v) is 8.49. The van der Waals surface area contributed by atoms with E-state index >= 15 is 0 Å². The van der Waals surface area contributed by atoms with Crippen LogP contribution in [-0.4, -0.2) is 35.8 Å². The number of benzene rings is 1. The molecular weight excluding hydrogens is 342 g/mol. The standard InChI is InChI=1S/C17H21N3O4S/c1-11(2)13-5-3-4-6-15(13)25(23,24)20-8-7-12(10-20)14-9-16(21)19-17(22)18-14/h3-6,9,11-12H,7-8,10H2,1-2H3,(H2,18,19,21,22). The van der Waals surface area contributed by atoms with E-state index in [0.29, 0.717) is 23.6 Å². The molecular formula is C17H21N3O4S. The quantitative estimate of drug-likeness (QED) is 0.856. The Morgan fingerprint density at radius 1 is 1.16 bits per heavy atom. The molecule has 1 aromatic carbocycles. The SMILES string of the molecule is CC(C)c1ccccc1S(=O)(=O)N1CCC(c2cc(=O)[nH]c(=O)[nH]2)C1. The summed E-state index contributed by atoms with van der Waals surface area (Å²) in [6, 6.07) is 8.35. The molecule has 1 aliphatic rings. The minimum atomic E-state index is -3.62. The van der Waals surface area contributed by atoms with Gasteiger partial charge in [0.15, 0.2) is 0 Å². The molecule has 0 aliphatic carbocycles. The molecule has 8 heteroatoms. The molecule has 0 bridgehead atoms. The highest BCUT2D eigenvalue weighted by Crippen LogP contribution is 2.32. The van der Waals surface area contributed by atoms with E-state index in [4.69, 9.17) is 0 Å². The maximum absolute atomic E-state index is 13.1. The van der Waals surface area contributed by atoms with Crippen molar-refractivity contribution in [2.75, 3.05) is 13.1 Å². The average Bonchev–Trinajstić information content (AvgIpc) is 3.04. The van der Waals surface area contributed by atoms with Crippen LogP contribution >= 0.6 is 0 Å². The number of nitrogens with zero attached hydrogens (tertiary/aromatic N) is 1. The highest BCUT2D eigenvalue weighted by molar-refractivity contribution is 7.89. The summed E-state index contributed by atoms with van der Waals surface area (Å²) in [6.07, 6.45) is 0.558. The number of hydrogen-bond donors (Lipinski definition) is 2. The Morgan fingerprint density at radius 3 is 2.56 bits per heavy atom. The number of nitrogens with one attached hydrogen (secondary N) is 2. The Bertz CT molecular complexity index is 963. The Labute approximate surface area is 145 Å². The summed E-state index contributed by atoms with van der Waals surface area (Å²) in [5.74, 6) is -0.107. The first-order valence-corrected chi connectivity index (χ1v) is 9.65.